The third-order valence-corrected chi connectivity index (χ3v) is 9.78. The van der Waals surface area contributed by atoms with E-state index in [2.05, 4.69) is 167 Å². The van der Waals surface area contributed by atoms with Gasteiger partial charge in [-0.2, -0.15) is 0 Å². The average molecular weight is 875 g/mol. The van der Waals surface area contributed by atoms with Gasteiger partial charge in [-0.25, -0.2) is 4.98 Å². The van der Waals surface area contributed by atoms with Crippen LogP contribution in [0, 0.1) is 18.8 Å². The molecule has 5 nitrogen and oxygen atoms in total. The molecule has 0 saturated heterocycles. The van der Waals surface area contributed by atoms with E-state index < -0.39 is 0 Å². The second-order valence-corrected chi connectivity index (χ2v) is 12.9. The van der Waals surface area contributed by atoms with Gasteiger partial charge in [0, 0.05) is 38.5 Å². The van der Waals surface area contributed by atoms with Crippen LogP contribution in [-0.4, -0.2) is 9.55 Å². The molecule has 0 saturated carbocycles. The number of hydrogen-bond acceptors (Lipinski definition) is 4. The van der Waals surface area contributed by atoms with Crippen LogP contribution in [0.1, 0.15) is 22.3 Å². The van der Waals surface area contributed by atoms with E-state index >= 15 is 0 Å². The number of furan rings is 1. The molecule has 6 aromatic carbocycles. The quantitative estimate of drug-likeness (QED) is 0.118. The summed E-state index contributed by atoms with van der Waals surface area (Å²) in [6.07, 6.45) is 3.58. The first-order valence-corrected chi connectivity index (χ1v) is 17.6. The average Bonchev–Trinajstić information content (AvgIpc) is 3.94. The largest absolute Gasteiger partial charge is 0.486 e. The van der Waals surface area contributed by atoms with Gasteiger partial charge < -0.3 is 18.8 Å². The number of fused-ring (bicyclic) bond motifs is 4. The Labute approximate surface area is 328 Å². The standard InChI is InChI=1S/C48H31N4O.Pt/c1-4-15-34(16-5-1)46(35-17-6-2-7-18-35)47(37-26-27-41-40-23-10-11-24-42(40)52(44(41)32-37)45-25-12-13-29-49-45)36-19-14-22-39(31-36)50-33-51(38-20-8-3-9-21-38)48-43(50)28-30-53-48;/h1-30,33H;/q-3;. The first-order valence-electron chi connectivity index (χ1n) is 17.6. The van der Waals surface area contributed by atoms with Gasteiger partial charge in [-0.15, -0.1) is 65.8 Å². The Morgan fingerprint density at radius 2 is 1.24 bits per heavy atom. The fourth-order valence-corrected chi connectivity index (χ4v) is 7.44. The summed E-state index contributed by atoms with van der Waals surface area (Å²) < 4.78 is 8.24. The Kier molecular flexibility index (Phi) is 8.78. The molecule has 262 valence electrons. The Morgan fingerprint density at radius 1 is 0.556 bits per heavy atom. The summed E-state index contributed by atoms with van der Waals surface area (Å²) in [5.74, 6) is 1.61. The van der Waals surface area contributed by atoms with E-state index in [1.54, 1.807) is 6.26 Å². The zero-order chi connectivity index (χ0) is 35.1. The van der Waals surface area contributed by atoms with Gasteiger partial charge in [0.2, 0.25) is 0 Å². The first kappa shape index (κ1) is 33.4. The molecule has 0 fully saturated rings. The van der Waals surface area contributed by atoms with Crippen molar-refractivity contribution in [2.75, 3.05) is 9.80 Å². The molecule has 0 aliphatic carbocycles. The van der Waals surface area contributed by atoms with Crippen LogP contribution in [0.3, 0.4) is 0 Å². The van der Waals surface area contributed by atoms with E-state index in [1.165, 1.54) is 0 Å². The third kappa shape index (κ3) is 5.74. The molecular formula is C48H31N4OPt-3. The van der Waals surface area contributed by atoms with Crippen molar-refractivity contribution in [1.82, 2.24) is 9.55 Å². The molecular weight excluding hydrogens is 844 g/mol. The van der Waals surface area contributed by atoms with Gasteiger partial charge >= 0.3 is 0 Å². The van der Waals surface area contributed by atoms with Gasteiger partial charge in [0.05, 0.1) is 12.0 Å². The fraction of sp³-hybridized carbons (Fsp3) is 0. The zero-order valence-electron chi connectivity index (χ0n) is 28.9. The molecule has 10 rings (SSSR count). The van der Waals surface area contributed by atoms with Crippen LogP contribution in [0.5, 0.6) is 0 Å². The van der Waals surface area contributed by atoms with Crippen LogP contribution >= 0.6 is 0 Å². The van der Waals surface area contributed by atoms with Crippen LogP contribution in [0.15, 0.2) is 187 Å². The molecule has 9 aromatic rings. The van der Waals surface area contributed by atoms with Crippen LogP contribution in [0.2, 0.25) is 0 Å². The third-order valence-electron chi connectivity index (χ3n) is 9.78. The Hall–Kier alpha value is -6.42. The maximum atomic E-state index is 6.03. The summed E-state index contributed by atoms with van der Waals surface area (Å²) in [5.41, 5.74) is 11.1. The number of pyridine rings is 1. The maximum absolute atomic E-state index is 6.03. The van der Waals surface area contributed by atoms with Crippen molar-refractivity contribution in [1.29, 1.82) is 0 Å². The molecule has 0 unspecified atom stereocenters. The summed E-state index contributed by atoms with van der Waals surface area (Å²) in [6.45, 7) is 2.07. The monoisotopic (exact) mass is 874 g/mol. The fourth-order valence-electron chi connectivity index (χ4n) is 7.44. The van der Waals surface area contributed by atoms with Crippen molar-refractivity contribution in [3.63, 3.8) is 0 Å². The molecule has 6 heteroatoms. The maximum Gasteiger partial charge on any atom is 0.193 e. The molecule has 1 aliphatic heterocycles. The molecule has 1 aliphatic rings. The topological polar surface area (TPSA) is 37.4 Å². The minimum absolute atomic E-state index is 0. The second-order valence-electron chi connectivity index (χ2n) is 12.9. The van der Waals surface area contributed by atoms with Gasteiger partial charge in [0.1, 0.15) is 5.82 Å². The SMILES string of the molecule is [Pt].[c-]1c(C(=C(c2ccccc2)c2ccccc2)c2[c-]c3c(cc2)c2ccccc2n3-c2ccccn2)cccc1N1[CH-]N(c2ccccc2)c2occc21. The minimum Gasteiger partial charge on any atom is -0.486 e. The Morgan fingerprint density at radius 3 is 1.98 bits per heavy atom. The predicted molar refractivity (Wildman–Crippen MR) is 214 cm³/mol. The van der Waals surface area contributed by atoms with E-state index in [0.717, 1.165) is 84.0 Å². The Balaban J connectivity index is 0.00000384. The van der Waals surface area contributed by atoms with Crippen molar-refractivity contribution in [3.8, 4) is 5.82 Å². The Bertz CT molecular complexity index is 2720. The molecule has 0 atom stereocenters. The molecule has 0 amide bonds. The van der Waals surface area contributed by atoms with E-state index in [0.29, 0.717) is 0 Å². The second kappa shape index (κ2) is 14.2. The van der Waals surface area contributed by atoms with Crippen molar-refractivity contribution in [2.24, 2.45) is 0 Å². The number of rotatable bonds is 7. The van der Waals surface area contributed by atoms with E-state index in [1.807, 2.05) is 42.6 Å². The van der Waals surface area contributed by atoms with Crippen molar-refractivity contribution in [2.45, 2.75) is 0 Å². The summed E-state index contributed by atoms with van der Waals surface area (Å²) in [7, 11) is 0. The number of hydrogen-bond donors (Lipinski definition) is 0. The number of anilines is 4. The summed E-state index contributed by atoms with van der Waals surface area (Å²) in [6, 6.07) is 66.6. The summed E-state index contributed by atoms with van der Waals surface area (Å²) in [4.78, 5) is 9.00. The molecule has 0 radical (unpaired) electrons. The van der Waals surface area contributed by atoms with Crippen molar-refractivity contribution in [3.05, 3.63) is 223 Å². The predicted octanol–water partition coefficient (Wildman–Crippen LogP) is 11.8. The smallest absolute Gasteiger partial charge is 0.193 e. The number of nitrogens with zero attached hydrogens (tertiary/aromatic N) is 4. The van der Waals surface area contributed by atoms with Gasteiger partial charge in [0.25, 0.3) is 0 Å². The van der Waals surface area contributed by atoms with E-state index in [-0.39, 0.29) is 21.1 Å². The molecule has 54 heavy (non-hydrogen) atoms. The van der Waals surface area contributed by atoms with Crippen molar-refractivity contribution < 1.29 is 25.5 Å². The molecule has 3 aromatic heterocycles. The normalized spacial score (nSPS) is 12.1. The van der Waals surface area contributed by atoms with Gasteiger partial charge in [0.15, 0.2) is 5.88 Å². The van der Waals surface area contributed by atoms with Gasteiger partial charge in [-0.1, -0.05) is 114 Å². The number of para-hydroxylation sites is 2. The number of benzene rings is 6. The van der Waals surface area contributed by atoms with Crippen LogP contribution in [-0.2, 0) is 21.1 Å². The molecule has 4 heterocycles. The van der Waals surface area contributed by atoms with Gasteiger partial charge in [-0.3, -0.25) is 0 Å². The summed E-state index contributed by atoms with van der Waals surface area (Å²) >= 11 is 0. The summed E-state index contributed by atoms with van der Waals surface area (Å²) in [5, 5.41) is 2.28. The molecule has 0 spiro atoms. The minimum atomic E-state index is 0. The van der Waals surface area contributed by atoms with Crippen molar-refractivity contribution >= 4 is 55.9 Å². The van der Waals surface area contributed by atoms with Crippen LogP contribution < -0.4 is 9.80 Å². The van der Waals surface area contributed by atoms with Gasteiger partial charge in [-0.05, 0) is 64.0 Å². The van der Waals surface area contributed by atoms with E-state index in [4.69, 9.17) is 9.40 Å². The van der Waals surface area contributed by atoms with Crippen LogP contribution in [0.25, 0.3) is 38.8 Å². The first-order chi connectivity index (χ1) is 26.3. The zero-order valence-corrected chi connectivity index (χ0v) is 31.2. The van der Waals surface area contributed by atoms with E-state index in [9.17, 15) is 0 Å². The number of aromatic nitrogens is 2. The molecule has 0 bridgehead atoms. The molecule has 0 N–H and O–H groups in total. The van der Waals surface area contributed by atoms with Crippen LogP contribution in [0.4, 0.5) is 22.9 Å².